The molecule has 1 aromatic carbocycles. The second-order valence-electron chi connectivity index (χ2n) is 5.07. The standard InChI is InChI=1S/C15H20N4O/c1-12(2)19(9-13-6-4-3-5-7-13)15(20)11-18-10-14(16)8-17-18/h3-8,10,12H,9,11,16H2,1-2H3. The lowest BCUT2D eigenvalue weighted by Gasteiger charge is -2.27. The van der Waals surface area contributed by atoms with Gasteiger partial charge in [-0.05, 0) is 19.4 Å². The van der Waals surface area contributed by atoms with Crippen LogP contribution in [0.2, 0.25) is 0 Å². The molecule has 2 aromatic rings. The second kappa shape index (κ2) is 6.23. The summed E-state index contributed by atoms with van der Waals surface area (Å²) >= 11 is 0. The van der Waals surface area contributed by atoms with Crippen molar-refractivity contribution < 1.29 is 4.79 Å². The Bertz CT molecular complexity index is 562. The average molecular weight is 272 g/mol. The maximum Gasteiger partial charge on any atom is 0.244 e. The fourth-order valence-electron chi connectivity index (χ4n) is 2.03. The van der Waals surface area contributed by atoms with Gasteiger partial charge in [0.15, 0.2) is 0 Å². The fraction of sp³-hybridized carbons (Fsp3) is 0.333. The Morgan fingerprint density at radius 2 is 2.05 bits per heavy atom. The van der Waals surface area contributed by atoms with Gasteiger partial charge in [-0.25, -0.2) is 0 Å². The Hall–Kier alpha value is -2.30. The van der Waals surface area contributed by atoms with Gasteiger partial charge in [0.1, 0.15) is 6.54 Å². The lowest BCUT2D eigenvalue weighted by atomic mass is 10.2. The second-order valence-corrected chi connectivity index (χ2v) is 5.07. The predicted octanol–water partition coefficient (Wildman–Crippen LogP) is 1.90. The molecule has 106 valence electrons. The van der Waals surface area contributed by atoms with Crippen LogP contribution in [0.5, 0.6) is 0 Å². The monoisotopic (exact) mass is 272 g/mol. The summed E-state index contributed by atoms with van der Waals surface area (Å²) in [5, 5.41) is 4.05. The van der Waals surface area contributed by atoms with Crippen LogP contribution in [0.25, 0.3) is 0 Å². The number of nitrogens with two attached hydrogens (primary N) is 1. The van der Waals surface area contributed by atoms with Crippen molar-refractivity contribution in [3.8, 4) is 0 Å². The van der Waals surface area contributed by atoms with Crippen LogP contribution in [0.3, 0.4) is 0 Å². The van der Waals surface area contributed by atoms with E-state index in [0.29, 0.717) is 12.2 Å². The van der Waals surface area contributed by atoms with Crippen LogP contribution in [-0.4, -0.2) is 26.6 Å². The first-order valence-electron chi connectivity index (χ1n) is 6.67. The summed E-state index contributed by atoms with van der Waals surface area (Å²) in [6, 6.07) is 10.1. The van der Waals surface area contributed by atoms with E-state index in [1.54, 1.807) is 17.1 Å². The fourth-order valence-corrected chi connectivity index (χ4v) is 2.03. The van der Waals surface area contributed by atoms with E-state index in [1.165, 1.54) is 0 Å². The van der Waals surface area contributed by atoms with Crippen molar-refractivity contribution >= 4 is 11.6 Å². The lowest BCUT2D eigenvalue weighted by Crippen LogP contribution is -2.38. The number of amides is 1. The molecule has 0 aliphatic rings. The number of nitrogens with zero attached hydrogens (tertiary/aromatic N) is 3. The van der Waals surface area contributed by atoms with Crippen molar-refractivity contribution in [1.29, 1.82) is 0 Å². The molecule has 0 radical (unpaired) electrons. The van der Waals surface area contributed by atoms with Crippen molar-refractivity contribution in [3.05, 3.63) is 48.3 Å². The SMILES string of the molecule is CC(C)N(Cc1ccccc1)C(=O)Cn1cc(N)cn1. The molecule has 0 atom stereocenters. The van der Waals surface area contributed by atoms with E-state index >= 15 is 0 Å². The van der Waals surface area contributed by atoms with E-state index in [-0.39, 0.29) is 18.5 Å². The quantitative estimate of drug-likeness (QED) is 0.904. The van der Waals surface area contributed by atoms with Crippen LogP contribution in [-0.2, 0) is 17.9 Å². The highest BCUT2D eigenvalue weighted by molar-refractivity contribution is 5.76. The predicted molar refractivity (Wildman–Crippen MR) is 78.8 cm³/mol. The van der Waals surface area contributed by atoms with Gasteiger partial charge in [-0.1, -0.05) is 30.3 Å². The molecule has 2 rings (SSSR count). The Morgan fingerprint density at radius 3 is 2.60 bits per heavy atom. The molecule has 1 aromatic heterocycles. The Kier molecular flexibility index (Phi) is 4.40. The Morgan fingerprint density at radius 1 is 1.35 bits per heavy atom. The van der Waals surface area contributed by atoms with Crippen LogP contribution < -0.4 is 5.73 Å². The smallest absolute Gasteiger partial charge is 0.244 e. The Balaban J connectivity index is 2.06. The van der Waals surface area contributed by atoms with Crippen LogP contribution in [0.1, 0.15) is 19.4 Å². The summed E-state index contributed by atoms with van der Waals surface area (Å²) in [5.74, 6) is 0.0342. The molecule has 2 N–H and O–H groups in total. The zero-order valence-corrected chi connectivity index (χ0v) is 11.9. The van der Waals surface area contributed by atoms with Gasteiger partial charge in [0.05, 0.1) is 11.9 Å². The van der Waals surface area contributed by atoms with Gasteiger partial charge in [0.2, 0.25) is 5.91 Å². The zero-order valence-electron chi connectivity index (χ0n) is 11.9. The molecule has 0 aliphatic heterocycles. The highest BCUT2D eigenvalue weighted by atomic mass is 16.2. The summed E-state index contributed by atoms with van der Waals surface area (Å²) in [7, 11) is 0. The molecule has 1 amide bonds. The van der Waals surface area contributed by atoms with Crippen molar-refractivity contribution in [2.24, 2.45) is 0 Å². The van der Waals surface area contributed by atoms with E-state index in [0.717, 1.165) is 5.56 Å². The number of benzene rings is 1. The molecule has 0 aliphatic carbocycles. The molecule has 0 bridgehead atoms. The third kappa shape index (κ3) is 3.60. The topological polar surface area (TPSA) is 64.2 Å². The van der Waals surface area contributed by atoms with E-state index < -0.39 is 0 Å². The van der Waals surface area contributed by atoms with Gasteiger partial charge in [-0.15, -0.1) is 0 Å². The van der Waals surface area contributed by atoms with Crippen molar-refractivity contribution in [2.75, 3.05) is 5.73 Å². The number of aromatic nitrogens is 2. The van der Waals surface area contributed by atoms with Gasteiger partial charge in [0, 0.05) is 18.8 Å². The number of carbonyl (C=O) groups excluding carboxylic acids is 1. The summed E-state index contributed by atoms with van der Waals surface area (Å²) in [5.41, 5.74) is 7.29. The molecule has 0 fully saturated rings. The largest absolute Gasteiger partial charge is 0.396 e. The summed E-state index contributed by atoms with van der Waals surface area (Å²) in [6.07, 6.45) is 3.21. The number of nitrogen functional groups attached to an aromatic ring is 1. The number of anilines is 1. The number of rotatable bonds is 5. The maximum atomic E-state index is 12.4. The van der Waals surface area contributed by atoms with Gasteiger partial charge in [0.25, 0.3) is 0 Å². The summed E-state index contributed by atoms with van der Waals surface area (Å²) < 4.78 is 1.57. The molecule has 5 heteroatoms. The van der Waals surface area contributed by atoms with Crippen LogP contribution in [0.4, 0.5) is 5.69 Å². The molecule has 0 unspecified atom stereocenters. The zero-order chi connectivity index (χ0) is 14.5. The van der Waals surface area contributed by atoms with Crippen molar-refractivity contribution in [1.82, 2.24) is 14.7 Å². The first-order chi connectivity index (χ1) is 9.56. The molecule has 0 spiro atoms. The minimum absolute atomic E-state index is 0.0342. The first-order valence-corrected chi connectivity index (χ1v) is 6.67. The van der Waals surface area contributed by atoms with Crippen LogP contribution >= 0.6 is 0 Å². The third-order valence-corrected chi connectivity index (χ3v) is 3.09. The molecule has 20 heavy (non-hydrogen) atoms. The number of hydrogen-bond acceptors (Lipinski definition) is 3. The molecular weight excluding hydrogens is 252 g/mol. The molecule has 0 saturated heterocycles. The van der Waals surface area contributed by atoms with Crippen molar-refractivity contribution in [3.63, 3.8) is 0 Å². The van der Waals surface area contributed by atoms with Crippen molar-refractivity contribution in [2.45, 2.75) is 33.0 Å². The maximum absolute atomic E-state index is 12.4. The number of hydrogen-bond donors (Lipinski definition) is 1. The minimum atomic E-state index is 0.0342. The highest BCUT2D eigenvalue weighted by Crippen LogP contribution is 2.10. The van der Waals surface area contributed by atoms with E-state index in [2.05, 4.69) is 5.10 Å². The van der Waals surface area contributed by atoms with Crippen LogP contribution in [0, 0.1) is 0 Å². The average Bonchev–Trinajstić information content (AvgIpc) is 2.82. The number of carbonyl (C=O) groups is 1. The molecular formula is C15H20N4O. The molecule has 0 saturated carbocycles. The van der Waals surface area contributed by atoms with Gasteiger partial charge < -0.3 is 10.6 Å². The molecule has 5 nitrogen and oxygen atoms in total. The third-order valence-electron chi connectivity index (χ3n) is 3.09. The summed E-state index contributed by atoms with van der Waals surface area (Å²) in [6.45, 7) is 4.84. The highest BCUT2D eigenvalue weighted by Gasteiger charge is 2.17. The van der Waals surface area contributed by atoms with E-state index in [1.807, 2.05) is 49.1 Å². The Labute approximate surface area is 119 Å². The first kappa shape index (κ1) is 14.1. The van der Waals surface area contributed by atoms with Gasteiger partial charge >= 0.3 is 0 Å². The van der Waals surface area contributed by atoms with Gasteiger partial charge in [-0.3, -0.25) is 9.48 Å². The normalized spacial score (nSPS) is 10.8. The summed E-state index contributed by atoms with van der Waals surface area (Å²) in [4.78, 5) is 14.2. The van der Waals surface area contributed by atoms with Crippen LogP contribution in [0.15, 0.2) is 42.7 Å². The lowest BCUT2D eigenvalue weighted by molar-refractivity contribution is -0.134. The van der Waals surface area contributed by atoms with Gasteiger partial charge in [-0.2, -0.15) is 5.10 Å². The van der Waals surface area contributed by atoms with E-state index in [9.17, 15) is 4.79 Å². The molecule has 1 heterocycles. The minimum Gasteiger partial charge on any atom is -0.396 e. The van der Waals surface area contributed by atoms with E-state index in [4.69, 9.17) is 5.73 Å².